The van der Waals surface area contributed by atoms with Crippen molar-refractivity contribution < 1.29 is 9.59 Å². The number of aromatic nitrogens is 3. The van der Waals surface area contributed by atoms with Gasteiger partial charge in [0, 0.05) is 38.3 Å². The number of piperidine rings is 1. The van der Waals surface area contributed by atoms with Crippen molar-refractivity contribution in [2.75, 3.05) is 26.2 Å². The molecule has 1 atom stereocenters. The maximum atomic E-state index is 12.9. The number of aryl methyl sites for hydroxylation is 1. The zero-order valence-electron chi connectivity index (χ0n) is 17.0. The molecule has 0 spiro atoms. The van der Waals surface area contributed by atoms with Crippen LogP contribution < -0.4 is 0 Å². The van der Waals surface area contributed by atoms with E-state index < -0.39 is 0 Å². The summed E-state index contributed by atoms with van der Waals surface area (Å²) in [5, 5.41) is 8.19. The second-order valence-corrected chi connectivity index (χ2v) is 7.38. The van der Waals surface area contributed by atoms with E-state index in [2.05, 4.69) is 10.3 Å². The standard InChI is InChI=1S/C21H29N5O2/c1-4-24(5-2)21(28)19-15-26(23-22-19)14-17-10-8-12-25(13-17)20(27)18-11-7-6-9-16(18)3/h6-7,9,11,15,17H,4-5,8,10,12-14H2,1-3H3. The molecule has 1 aromatic heterocycles. The van der Waals surface area contributed by atoms with Crippen LogP contribution in [0.15, 0.2) is 30.5 Å². The molecule has 1 aliphatic heterocycles. The van der Waals surface area contributed by atoms with Crippen molar-refractivity contribution >= 4 is 11.8 Å². The van der Waals surface area contributed by atoms with E-state index in [4.69, 9.17) is 0 Å². The lowest BCUT2D eigenvalue weighted by atomic mass is 9.97. The summed E-state index contributed by atoms with van der Waals surface area (Å²) in [5.74, 6) is 0.315. The van der Waals surface area contributed by atoms with Gasteiger partial charge in [-0.05, 0) is 51.2 Å². The summed E-state index contributed by atoms with van der Waals surface area (Å²) in [6.45, 7) is 9.33. The Bertz CT molecular complexity index is 828. The summed E-state index contributed by atoms with van der Waals surface area (Å²) in [6, 6.07) is 7.72. The highest BCUT2D eigenvalue weighted by molar-refractivity contribution is 5.95. The summed E-state index contributed by atoms with van der Waals surface area (Å²) in [4.78, 5) is 29.0. The first-order valence-electron chi connectivity index (χ1n) is 10.1. The molecule has 2 aromatic rings. The van der Waals surface area contributed by atoms with Gasteiger partial charge in [-0.15, -0.1) is 5.10 Å². The Morgan fingerprint density at radius 1 is 1.21 bits per heavy atom. The molecule has 3 rings (SSSR count). The second kappa shape index (κ2) is 8.99. The van der Waals surface area contributed by atoms with Crippen LogP contribution >= 0.6 is 0 Å². The normalized spacial score (nSPS) is 16.8. The van der Waals surface area contributed by atoms with Crippen molar-refractivity contribution in [3.63, 3.8) is 0 Å². The Morgan fingerprint density at radius 3 is 2.68 bits per heavy atom. The lowest BCUT2D eigenvalue weighted by Gasteiger charge is -2.33. The molecular formula is C21H29N5O2. The van der Waals surface area contributed by atoms with Crippen LogP contribution in [0.3, 0.4) is 0 Å². The first kappa shape index (κ1) is 20.0. The number of hydrogen-bond donors (Lipinski definition) is 0. The molecule has 7 nitrogen and oxygen atoms in total. The zero-order valence-corrected chi connectivity index (χ0v) is 17.0. The minimum Gasteiger partial charge on any atom is -0.338 e. The summed E-state index contributed by atoms with van der Waals surface area (Å²) in [7, 11) is 0. The summed E-state index contributed by atoms with van der Waals surface area (Å²) >= 11 is 0. The number of amides is 2. The van der Waals surface area contributed by atoms with Gasteiger partial charge in [0.1, 0.15) is 0 Å². The highest BCUT2D eigenvalue weighted by Crippen LogP contribution is 2.21. The number of hydrogen-bond acceptors (Lipinski definition) is 4. The Labute approximate surface area is 166 Å². The molecule has 150 valence electrons. The smallest absolute Gasteiger partial charge is 0.276 e. The van der Waals surface area contributed by atoms with Crippen molar-refractivity contribution in [3.8, 4) is 0 Å². The fourth-order valence-corrected chi connectivity index (χ4v) is 3.80. The van der Waals surface area contributed by atoms with E-state index in [1.54, 1.807) is 15.8 Å². The minimum atomic E-state index is -0.0868. The molecule has 7 heteroatoms. The molecule has 1 saturated heterocycles. The van der Waals surface area contributed by atoms with E-state index >= 15 is 0 Å². The minimum absolute atomic E-state index is 0.0868. The second-order valence-electron chi connectivity index (χ2n) is 7.38. The Balaban J connectivity index is 1.63. The first-order valence-corrected chi connectivity index (χ1v) is 10.1. The van der Waals surface area contributed by atoms with Gasteiger partial charge in [-0.25, -0.2) is 0 Å². The van der Waals surface area contributed by atoms with Crippen molar-refractivity contribution in [1.29, 1.82) is 0 Å². The topological polar surface area (TPSA) is 71.3 Å². The molecule has 28 heavy (non-hydrogen) atoms. The molecular weight excluding hydrogens is 354 g/mol. The van der Waals surface area contributed by atoms with Gasteiger partial charge in [-0.3, -0.25) is 14.3 Å². The van der Waals surface area contributed by atoms with E-state index in [1.807, 2.05) is 49.9 Å². The Kier molecular flexibility index (Phi) is 6.44. The molecule has 0 N–H and O–H groups in total. The number of carbonyl (C=O) groups excluding carboxylic acids is 2. The van der Waals surface area contributed by atoms with Crippen LogP contribution in [-0.2, 0) is 6.54 Å². The van der Waals surface area contributed by atoms with Crippen molar-refractivity contribution in [2.45, 2.75) is 40.2 Å². The molecule has 1 aliphatic rings. The van der Waals surface area contributed by atoms with Gasteiger partial charge in [-0.1, -0.05) is 23.4 Å². The number of carbonyl (C=O) groups is 2. The molecule has 0 radical (unpaired) electrons. The lowest BCUT2D eigenvalue weighted by molar-refractivity contribution is 0.0658. The van der Waals surface area contributed by atoms with Crippen molar-refractivity contribution in [1.82, 2.24) is 24.8 Å². The quantitative estimate of drug-likeness (QED) is 0.769. The molecule has 2 heterocycles. The van der Waals surface area contributed by atoms with Gasteiger partial charge in [0.05, 0.1) is 6.20 Å². The molecule has 0 bridgehead atoms. The van der Waals surface area contributed by atoms with Crippen LogP contribution in [0.2, 0.25) is 0 Å². The van der Waals surface area contributed by atoms with Gasteiger partial charge >= 0.3 is 0 Å². The summed E-state index contributed by atoms with van der Waals surface area (Å²) in [6.07, 6.45) is 3.74. The van der Waals surface area contributed by atoms with E-state index in [9.17, 15) is 9.59 Å². The van der Waals surface area contributed by atoms with Crippen LogP contribution in [0, 0.1) is 12.8 Å². The van der Waals surface area contributed by atoms with E-state index in [-0.39, 0.29) is 11.8 Å². The Hall–Kier alpha value is -2.70. The third-order valence-electron chi connectivity index (χ3n) is 5.44. The number of benzene rings is 1. The fraction of sp³-hybridized carbons (Fsp3) is 0.524. The molecule has 1 fully saturated rings. The largest absolute Gasteiger partial charge is 0.338 e. The molecule has 1 unspecified atom stereocenters. The monoisotopic (exact) mass is 383 g/mol. The first-order chi connectivity index (χ1) is 13.5. The number of likely N-dealkylation sites (tertiary alicyclic amines) is 1. The highest BCUT2D eigenvalue weighted by atomic mass is 16.2. The Morgan fingerprint density at radius 2 is 1.96 bits per heavy atom. The van der Waals surface area contributed by atoms with Crippen LogP contribution in [0.5, 0.6) is 0 Å². The van der Waals surface area contributed by atoms with Crippen LogP contribution in [0.1, 0.15) is 53.1 Å². The fourth-order valence-electron chi connectivity index (χ4n) is 3.80. The van der Waals surface area contributed by atoms with Crippen molar-refractivity contribution in [2.24, 2.45) is 5.92 Å². The van der Waals surface area contributed by atoms with Crippen LogP contribution in [-0.4, -0.2) is 62.8 Å². The average molecular weight is 383 g/mol. The predicted octanol–water partition coefficient (Wildman–Crippen LogP) is 2.62. The number of nitrogens with zero attached hydrogens (tertiary/aromatic N) is 5. The third kappa shape index (κ3) is 4.40. The van der Waals surface area contributed by atoms with Crippen LogP contribution in [0.4, 0.5) is 0 Å². The van der Waals surface area contributed by atoms with E-state index in [0.717, 1.165) is 30.5 Å². The summed E-state index contributed by atoms with van der Waals surface area (Å²) < 4.78 is 1.74. The molecule has 0 saturated carbocycles. The summed E-state index contributed by atoms with van der Waals surface area (Å²) in [5.41, 5.74) is 2.16. The zero-order chi connectivity index (χ0) is 20.1. The van der Waals surface area contributed by atoms with Gasteiger partial charge in [0.15, 0.2) is 5.69 Å². The lowest BCUT2D eigenvalue weighted by Crippen LogP contribution is -2.41. The molecule has 0 aliphatic carbocycles. The maximum Gasteiger partial charge on any atom is 0.276 e. The molecule has 2 amide bonds. The SMILES string of the molecule is CCN(CC)C(=O)c1cn(CC2CCCN(C(=O)c3ccccc3C)C2)nn1. The molecule has 1 aromatic carbocycles. The highest BCUT2D eigenvalue weighted by Gasteiger charge is 2.26. The maximum absolute atomic E-state index is 12.9. The van der Waals surface area contributed by atoms with Crippen LogP contribution in [0.25, 0.3) is 0 Å². The average Bonchev–Trinajstić information content (AvgIpc) is 3.17. The third-order valence-corrected chi connectivity index (χ3v) is 5.44. The van der Waals surface area contributed by atoms with Gasteiger partial charge < -0.3 is 9.80 Å². The van der Waals surface area contributed by atoms with E-state index in [1.165, 1.54) is 0 Å². The van der Waals surface area contributed by atoms with Crippen molar-refractivity contribution in [3.05, 3.63) is 47.3 Å². The van der Waals surface area contributed by atoms with Gasteiger partial charge in [0.25, 0.3) is 11.8 Å². The van der Waals surface area contributed by atoms with Gasteiger partial charge in [-0.2, -0.15) is 0 Å². The van der Waals surface area contributed by atoms with Gasteiger partial charge in [0.2, 0.25) is 0 Å². The number of rotatable bonds is 6. The predicted molar refractivity (Wildman–Crippen MR) is 107 cm³/mol. The van der Waals surface area contributed by atoms with E-state index in [0.29, 0.717) is 37.8 Å².